The Hall–Kier alpha value is -2.69. The first-order valence-corrected chi connectivity index (χ1v) is 7.69. The number of hydrogen-bond donors (Lipinski definition) is 1. The van der Waals surface area contributed by atoms with Gasteiger partial charge >= 0.3 is 0 Å². The van der Waals surface area contributed by atoms with Gasteiger partial charge < -0.3 is 10.2 Å². The van der Waals surface area contributed by atoms with Crippen molar-refractivity contribution < 1.29 is 9.59 Å². The molecule has 1 aromatic carbocycles. The van der Waals surface area contributed by atoms with Crippen molar-refractivity contribution >= 4 is 11.8 Å². The van der Waals surface area contributed by atoms with E-state index >= 15 is 0 Å². The highest BCUT2D eigenvalue weighted by molar-refractivity contribution is 5.95. The molecule has 1 heterocycles. The Morgan fingerprint density at radius 1 is 1.17 bits per heavy atom. The van der Waals surface area contributed by atoms with Crippen molar-refractivity contribution in [3.63, 3.8) is 0 Å². The number of rotatable bonds is 5. The fourth-order valence-electron chi connectivity index (χ4n) is 2.31. The third kappa shape index (κ3) is 3.94. The van der Waals surface area contributed by atoms with Gasteiger partial charge in [-0.25, -0.2) is 0 Å². The second kappa shape index (κ2) is 6.60. The number of nitrogens with zero attached hydrogens (tertiary/aromatic N) is 2. The number of benzene rings is 1. The van der Waals surface area contributed by atoms with Gasteiger partial charge in [0.1, 0.15) is 0 Å². The molecular formula is C18H19N3O2. The van der Waals surface area contributed by atoms with E-state index < -0.39 is 0 Å². The Morgan fingerprint density at radius 3 is 2.52 bits per heavy atom. The molecule has 2 amide bonds. The molecule has 5 heteroatoms. The zero-order valence-electron chi connectivity index (χ0n) is 13.0. The standard InChI is InChI=1S/C18H19N3O2/c1-21(18(23)15-3-2-10-19-11-15)12-13-4-6-14(7-5-13)17(22)20-16-8-9-16/h2-7,10-11,16H,8-9,12H2,1H3,(H,20,22). The summed E-state index contributed by atoms with van der Waals surface area (Å²) >= 11 is 0. The van der Waals surface area contributed by atoms with Crippen molar-refractivity contribution in [1.29, 1.82) is 0 Å². The highest BCUT2D eigenvalue weighted by Crippen LogP contribution is 2.19. The van der Waals surface area contributed by atoms with Gasteiger partial charge in [-0.1, -0.05) is 12.1 Å². The minimum atomic E-state index is -0.0753. The second-order valence-corrected chi connectivity index (χ2v) is 5.85. The molecule has 5 nitrogen and oxygen atoms in total. The molecule has 1 aliphatic rings. The molecule has 2 aromatic rings. The number of aromatic nitrogens is 1. The van der Waals surface area contributed by atoms with E-state index in [2.05, 4.69) is 10.3 Å². The summed E-state index contributed by atoms with van der Waals surface area (Å²) in [6.45, 7) is 0.484. The SMILES string of the molecule is CN(Cc1ccc(C(=O)NC2CC2)cc1)C(=O)c1cccnc1. The van der Waals surface area contributed by atoms with E-state index in [0.29, 0.717) is 23.7 Å². The average Bonchev–Trinajstić information content (AvgIpc) is 3.39. The Kier molecular flexibility index (Phi) is 4.37. The van der Waals surface area contributed by atoms with Crippen molar-refractivity contribution in [1.82, 2.24) is 15.2 Å². The Labute approximate surface area is 135 Å². The molecule has 1 aliphatic carbocycles. The van der Waals surface area contributed by atoms with Gasteiger partial charge in [-0.15, -0.1) is 0 Å². The van der Waals surface area contributed by atoms with Crippen LogP contribution in [0.5, 0.6) is 0 Å². The lowest BCUT2D eigenvalue weighted by atomic mass is 10.1. The fourth-order valence-corrected chi connectivity index (χ4v) is 2.31. The highest BCUT2D eigenvalue weighted by atomic mass is 16.2. The summed E-state index contributed by atoms with van der Waals surface area (Å²) in [5.41, 5.74) is 2.20. The van der Waals surface area contributed by atoms with Crippen LogP contribution in [-0.2, 0) is 6.54 Å². The number of carbonyl (C=O) groups excluding carboxylic acids is 2. The van der Waals surface area contributed by atoms with E-state index in [9.17, 15) is 9.59 Å². The molecule has 0 atom stereocenters. The molecule has 0 saturated heterocycles. The molecule has 0 unspecified atom stereocenters. The summed E-state index contributed by atoms with van der Waals surface area (Å²) in [5, 5.41) is 2.96. The van der Waals surface area contributed by atoms with Gasteiger partial charge in [-0.3, -0.25) is 14.6 Å². The zero-order chi connectivity index (χ0) is 16.2. The van der Waals surface area contributed by atoms with E-state index in [-0.39, 0.29) is 11.8 Å². The number of pyridine rings is 1. The maximum Gasteiger partial charge on any atom is 0.255 e. The lowest BCUT2D eigenvalue weighted by Crippen LogP contribution is -2.27. The van der Waals surface area contributed by atoms with E-state index in [1.54, 1.807) is 48.6 Å². The van der Waals surface area contributed by atoms with Gasteiger partial charge in [-0.05, 0) is 42.7 Å². The molecule has 0 bridgehead atoms. The molecule has 1 aromatic heterocycles. The number of carbonyl (C=O) groups is 2. The number of nitrogens with one attached hydrogen (secondary N) is 1. The van der Waals surface area contributed by atoms with Gasteiger partial charge in [0, 0.05) is 37.6 Å². The maximum absolute atomic E-state index is 12.3. The minimum absolute atomic E-state index is 0.0289. The average molecular weight is 309 g/mol. The Morgan fingerprint density at radius 2 is 1.91 bits per heavy atom. The monoisotopic (exact) mass is 309 g/mol. The van der Waals surface area contributed by atoms with E-state index in [0.717, 1.165) is 18.4 Å². The summed E-state index contributed by atoms with van der Waals surface area (Å²) in [6, 6.07) is 11.2. The lowest BCUT2D eigenvalue weighted by Gasteiger charge is -2.17. The predicted octanol–water partition coefficient (Wildman–Crippen LogP) is 2.25. The van der Waals surface area contributed by atoms with Gasteiger partial charge in [0.25, 0.3) is 11.8 Å². The van der Waals surface area contributed by atoms with Crippen molar-refractivity contribution in [3.05, 3.63) is 65.5 Å². The molecule has 0 radical (unpaired) electrons. The molecule has 3 rings (SSSR count). The second-order valence-electron chi connectivity index (χ2n) is 5.85. The number of amides is 2. The largest absolute Gasteiger partial charge is 0.349 e. The minimum Gasteiger partial charge on any atom is -0.349 e. The zero-order valence-corrected chi connectivity index (χ0v) is 13.0. The van der Waals surface area contributed by atoms with Crippen molar-refractivity contribution in [2.75, 3.05) is 7.05 Å². The van der Waals surface area contributed by atoms with Crippen LogP contribution in [0.4, 0.5) is 0 Å². The van der Waals surface area contributed by atoms with Crippen LogP contribution >= 0.6 is 0 Å². The summed E-state index contributed by atoms with van der Waals surface area (Å²) in [6.07, 6.45) is 5.35. The lowest BCUT2D eigenvalue weighted by molar-refractivity contribution is 0.0784. The molecule has 1 N–H and O–H groups in total. The normalized spacial score (nSPS) is 13.4. The molecule has 23 heavy (non-hydrogen) atoms. The van der Waals surface area contributed by atoms with Crippen LogP contribution in [0.15, 0.2) is 48.8 Å². The smallest absolute Gasteiger partial charge is 0.255 e. The van der Waals surface area contributed by atoms with Gasteiger partial charge in [0.05, 0.1) is 5.56 Å². The quantitative estimate of drug-likeness (QED) is 0.921. The summed E-state index contributed by atoms with van der Waals surface area (Å²) in [4.78, 5) is 29.8. The Balaban J connectivity index is 1.61. The van der Waals surface area contributed by atoms with Crippen molar-refractivity contribution in [2.45, 2.75) is 25.4 Å². The molecule has 1 fully saturated rings. The molecule has 1 saturated carbocycles. The van der Waals surface area contributed by atoms with Gasteiger partial charge in [-0.2, -0.15) is 0 Å². The van der Waals surface area contributed by atoms with Crippen LogP contribution in [0.25, 0.3) is 0 Å². The van der Waals surface area contributed by atoms with Crippen LogP contribution in [0, 0.1) is 0 Å². The first-order valence-electron chi connectivity index (χ1n) is 7.69. The van der Waals surface area contributed by atoms with Crippen LogP contribution in [-0.4, -0.2) is 34.8 Å². The van der Waals surface area contributed by atoms with E-state index in [4.69, 9.17) is 0 Å². The van der Waals surface area contributed by atoms with Gasteiger partial charge in [0.15, 0.2) is 0 Å². The first kappa shape index (κ1) is 15.2. The maximum atomic E-state index is 12.3. The summed E-state index contributed by atoms with van der Waals surface area (Å²) in [7, 11) is 1.75. The highest BCUT2D eigenvalue weighted by Gasteiger charge is 2.23. The molecular weight excluding hydrogens is 290 g/mol. The molecule has 0 aliphatic heterocycles. The van der Waals surface area contributed by atoms with E-state index in [1.165, 1.54) is 0 Å². The van der Waals surface area contributed by atoms with Crippen LogP contribution in [0.1, 0.15) is 39.1 Å². The Bertz CT molecular complexity index is 694. The summed E-state index contributed by atoms with van der Waals surface area (Å²) in [5.74, 6) is -0.104. The van der Waals surface area contributed by atoms with Crippen LogP contribution in [0.3, 0.4) is 0 Å². The first-order chi connectivity index (χ1) is 11.1. The van der Waals surface area contributed by atoms with E-state index in [1.807, 2.05) is 12.1 Å². The van der Waals surface area contributed by atoms with Crippen LogP contribution in [0.2, 0.25) is 0 Å². The van der Waals surface area contributed by atoms with Crippen LogP contribution < -0.4 is 5.32 Å². The molecule has 118 valence electrons. The predicted molar refractivity (Wildman–Crippen MR) is 87.0 cm³/mol. The van der Waals surface area contributed by atoms with Gasteiger partial charge in [0.2, 0.25) is 0 Å². The fraction of sp³-hybridized carbons (Fsp3) is 0.278. The van der Waals surface area contributed by atoms with Crippen molar-refractivity contribution in [2.24, 2.45) is 0 Å². The summed E-state index contributed by atoms with van der Waals surface area (Å²) < 4.78 is 0. The third-order valence-electron chi connectivity index (χ3n) is 3.80. The van der Waals surface area contributed by atoms with Crippen molar-refractivity contribution in [3.8, 4) is 0 Å². The topological polar surface area (TPSA) is 62.3 Å². The third-order valence-corrected chi connectivity index (χ3v) is 3.80. The number of hydrogen-bond acceptors (Lipinski definition) is 3. The molecule has 0 spiro atoms.